The van der Waals surface area contributed by atoms with Crippen LogP contribution in [-0.4, -0.2) is 16.3 Å². The molecule has 2 aromatic rings. The lowest BCUT2D eigenvalue weighted by Gasteiger charge is -2.01. The van der Waals surface area contributed by atoms with E-state index in [0.717, 1.165) is 12.1 Å². The Hall–Kier alpha value is -1.87. The van der Waals surface area contributed by atoms with Crippen LogP contribution >= 0.6 is 0 Å². The van der Waals surface area contributed by atoms with Crippen molar-refractivity contribution >= 4 is 6.08 Å². The molecular formula is C13H15N3. The Morgan fingerprint density at radius 3 is 2.69 bits per heavy atom. The van der Waals surface area contributed by atoms with Crippen molar-refractivity contribution in [3.05, 3.63) is 54.4 Å². The molecule has 2 rings (SSSR count). The van der Waals surface area contributed by atoms with E-state index in [0.29, 0.717) is 6.54 Å². The van der Waals surface area contributed by atoms with E-state index in [9.17, 15) is 0 Å². The number of hydrogen-bond donors (Lipinski definition) is 1. The molecule has 3 heteroatoms. The minimum atomic E-state index is 0.696. The zero-order valence-corrected chi connectivity index (χ0v) is 9.08. The van der Waals surface area contributed by atoms with Crippen LogP contribution in [0.25, 0.3) is 11.8 Å². The first-order chi connectivity index (χ1) is 7.90. The smallest absolute Gasteiger partial charge is 0.0645 e. The number of hydrogen-bond acceptors (Lipinski definition) is 2. The molecule has 1 aromatic carbocycles. The van der Waals surface area contributed by atoms with Crippen molar-refractivity contribution < 1.29 is 0 Å². The number of aromatic nitrogens is 2. The molecule has 82 valence electrons. The van der Waals surface area contributed by atoms with Crippen molar-refractivity contribution in [2.24, 2.45) is 5.73 Å². The van der Waals surface area contributed by atoms with E-state index in [4.69, 9.17) is 5.73 Å². The summed E-state index contributed by atoms with van der Waals surface area (Å²) in [6, 6.07) is 10.2. The fraction of sp³-hybridized carbons (Fsp3) is 0.154. The van der Waals surface area contributed by atoms with Gasteiger partial charge in [0.2, 0.25) is 0 Å². The lowest BCUT2D eigenvalue weighted by Crippen LogP contribution is -1.95. The first kappa shape index (κ1) is 10.6. The summed E-state index contributed by atoms with van der Waals surface area (Å²) in [5.41, 5.74) is 7.67. The third kappa shape index (κ3) is 2.58. The first-order valence-corrected chi connectivity index (χ1v) is 5.37. The zero-order chi connectivity index (χ0) is 11.2. The van der Waals surface area contributed by atoms with Gasteiger partial charge in [-0.15, -0.1) is 0 Å². The van der Waals surface area contributed by atoms with Crippen LogP contribution < -0.4 is 5.73 Å². The van der Waals surface area contributed by atoms with Gasteiger partial charge >= 0.3 is 0 Å². The molecule has 0 aliphatic rings. The molecule has 0 atom stereocenters. The summed E-state index contributed by atoms with van der Waals surface area (Å²) in [5, 5.41) is 4.17. The average Bonchev–Trinajstić information content (AvgIpc) is 2.84. The van der Waals surface area contributed by atoms with E-state index in [2.05, 4.69) is 41.5 Å². The standard InChI is InChI=1S/C13H15N3/c14-9-2-1-4-12-5-7-13(8-6-12)16-11-3-10-15-16/h1,3-8,10-11H,2,9,14H2. The molecule has 1 heterocycles. The maximum atomic E-state index is 5.42. The van der Waals surface area contributed by atoms with Gasteiger partial charge in [-0.1, -0.05) is 24.3 Å². The van der Waals surface area contributed by atoms with Crippen LogP contribution in [0.4, 0.5) is 0 Å². The van der Waals surface area contributed by atoms with Crippen LogP contribution in [0.1, 0.15) is 12.0 Å². The van der Waals surface area contributed by atoms with Gasteiger partial charge in [0, 0.05) is 12.4 Å². The van der Waals surface area contributed by atoms with Gasteiger partial charge in [0.15, 0.2) is 0 Å². The highest BCUT2D eigenvalue weighted by Crippen LogP contribution is 2.09. The fourth-order valence-electron chi connectivity index (χ4n) is 1.48. The molecule has 0 unspecified atom stereocenters. The number of benzene rings is 1. The Bertz CT molecular complexity index is 441. The third-order valence-corrected chi connectivity index (χ3v) is 2.31. The van der Waals surface area contributed by atoms with Crippen LogP contribution in [0.5, 0.6) is 0 Å². The fourth-order valence-corrected chi connectivity index (χ4v) is 1.48. The molecule has 0 radical (unpaired) electrons. The van der Waals surface area contributed by atoms with Crippen LogP contribution in [0.3, 0.4) is 0 Å². The molecule has 0 spiro atoms. The molecule has 0 aliphatic carbocycles. The topological polar surface area (TPSA) is 43.8 Å². The maximum absolute atomic E-state index is 5.42. The largest absolute Gasteiger partial charge is 0.330 e. The minimum Gasteiger partial charge on any atom is -0.330 e. The molecule has 0 saturated carbocycles. The molecule has 2 N–H and O–H groups in total. The highest BCUT2D eigenvalue weighted by Gasteiger charge is 1.94. The van der Waals surface area contributed by atoms with E-state index >= 15 is 0 Å². The first-order valence-electron chi connectivity index (χ1n) is 5.37. The summed E-state index contributed by atoms with van der Waals surface area (Å²) in [4.78, 5) is 0. The van der Waals surface area contributed by atoms with E-state index in [1.54, 1.807) is 6.20 Å². The number of nitrogens with two attached hydrogens (primary N) is 1. The summed E-state index contributed by atoms with van der Waals surface area (Å²) >= 11 is 0. The normalized spacial score (nSPS) is 11.1. The average molecular weight is 213 g/mol. The van der Waals surface area contributed by atoms with Crippen molar-refractivity contribution in [3.8, 4) is 5.69 Å². The van der Waals surface area contributed by atoms with Crippen LogP contribution in [0.15, 0.2) is 48.8 Å². The quantitative estimate of drug-likeness (QED) is 0.846. The summed E-state index contributed by atoms with van der Waals surface area (Å²) in [5.74, 6) is 0. The van der Waals surface area contributed by atoms with Crippen molar-refractivity contribution in [2.45, 2.75) is 6.42 Å². The molecule has 0 bridgehead atoms. The molecule has 0 fully saturated rings. The van der Waals surface area contributed by atoms with Gasteiger partial charge in [0.1, 0.15) is 0 Å². The van der Waals surface area contributed by atoms with Gasteiger partial charge in [-0.25, -0.2) is 4.68 Å². The van der Waals surface area contributed by atoms with Gasteiger partial charge in [-0.2, -0.15) is 5.10 Å². The van der Waals surface area contributed by atoms with Crippen molar-refractivity contribution in [1.82, 2.24) is 9.78 Å². The van der Waals surface area contributed by atoms with Gasteiger partial charge in [-0.05, 0) is 36.7 Å². The summed E-state index contributed by atoms with van der Waals surface area (Å²) in [6.07, 6.45) is 8.79. The van der Waals surface area contributed by atoms with Gasteiger partial charge in [-0.3, -0.25) is 0 Å². The summed E-state index contributed by atoms with van der Waals surface area (Å²) in [6.45, 7) is 0.696. The van der Waals surface area contributed by atoms with Crippen LogP contribution in [0, 0.1) is 0 Å². The lowest BCUT2D eigenvalue weighted by molar-refractivity contribution is 0.880. The second kappa shape index (κ2) is 5.28. The molecule has 0 amide bonds. The molecule has 1 aromatic heterocycles. The predicted molar refractivity (Wildman–Crippen MR) is 66.3 cm³/mol. The van der Waals surface area contributed by atoms with E-state index < -0.39 is 0 Å². The Morgan fingerprint density at radius 1 is 1.25 bits per heavy atom. The lowest BCUT2D eigenvalue weighted by atomic mass is 10.2. The number of nitrogens with zero attached hydrogens (tertiary/aromatic N) is 2. The van der Waals surface area contributed by atoms with Crippen LogP contribution in [0.2, 0.25) is 0 Å². The SMILES string of the molecule is NCCC=Cc1ccc(-n2cccn2)cc1. The highest BCUT2D eigenvalue weighted by molar-refractivity contribution is 5.51. The monoisotopic (exact) mass is 213 g/mol. The molecule has 3 nitrogen and oxygen atoms in total. The van der Waals surface area contributed by atoms with Crippen molar-refractivity contribution in [2.75, 3.05) is 6.54 Å². The second-order valence-corrected chi connectivity index (χ2v) is 3.52. The Labute approximate surface area is 95.2 Å². The third-order valence-electron chi connectivity index (χ3n) is 2.31. The Morgan fingerprint density at radius 2 is 2.06 bits per heavy atom. The van der Waals surface area contributed by atoms with Crippen LogP contribution in [-0.2, 0) is 0 Å². The molecule has 16 heavy (non-hydrogen) atoms. The van der Waals surface area contributed by atoms with E-state index in [1.165, 1.54) is 5.56 Å². The number of rotatable bonds is 4. The van der Waals surface area contributed by atoms with Gasteiger partial charge < -0.3 is 5.73 Å². The Kier molecular flexibility index (Phi) is 3.51. The predicted octanol–water partition coefficient (Wildman–Crippen LogP) is 2.23. The highest BCUT2D eigenvalue weighted by atomic mass is 15.3. The van der Waals surface area contributed by atoms with E-state index in [-0.39, 0.29) is 0 Å². The van der Waals surface area contributed by atoms with Crippen molar-refractivity contribution in [1.29, 1.82) is 0 Å². The Balaban J connectivity index is 2.11. The minimum absolute atomic E-state index is 0.696. The van der Waals surface area contributed by atoms with Crippen molar-refractivity contribution in [3.63, 3.8) is 0 Å². The molecule has 0 saturated heterocycles. The zero-order valence-electron chi connectivity index (χ0n) is 9.08. The second-order valence-electron chi connectivity index (χ2n) is 3.52. The van der Waals surface area contributed by atoms with E-state index in [1.807, 2.05) is 16.9 Å². The molecule has 0 aliphatic heterocycles. The maximum Gasteiger partial charge on any atom is 0.0645 e. The van der Waals surface area contributed by atoms with Gasteiger partial charge in [0.25, 0.3) is 0 Å². The summed E-state index contributed by atoms with van der Waals surface area (Å²) in [7, 11) is 0. The molecular weight excluding hydrogens is 198 g/mol. The van der Waals surface area contributed by atoms with Gasteiger partial charge in [0.05, 0.1) is 5.69 Å². The summed E-state index contributed by atoms with van der Waals surface area (Å²) < 4.78 is 1.84.